The molecule has 0 bridgehead atoms. The lowest BCUT2D eigenvalue weighted by atomic mass is 10.1. The first-order valence-corrected chi connectivity index (χ1v) is 9.68. The number of anilines is 2. The van der Waals surface area contributed by atoms with E-state index < -0.39 is 15.9 Å². The molecule has 1 heterocycles. The van der Waals surface area contributed by atoms with Gasteiger partial charge in [0.2, 0.25) is 10.0 Å². The fourth-order valence-corrected chi connectivity index (χ4v) is 2.78. The number of carbonyl (C=O) groups is 1. The van der Waals surface area contributed by atoms with Crippen LogP contribution in [0.2, 0.25) is 5.02 Å². The summed E-state index contributed by atoms with van der Waals surface area (Å²) in [6.45, 7) is 1.49. The summed E-state index contributed by atoms with van der Waals surface area (Å²) in [5, 5.41) is 7.22. The van der Waals surface area contributed by atoms with E-state index in [0.717, 1.165) is 12.8 Å². The highest BCUT2D eigenvalue weighted by molar-refractivity contribution is 7.92. The molecular weight excluding hydrogens is 366 g/mol. The molecule has 0 saturated carbocycles. The molecule has 0 radical (unpaired) electrons. The Bertz CT molecular complexity index is 864. The minimum absolute atomic E-state index is 0.112. The molecule has 0 fully saturated rings. The van der Waals surface area contributed by atoms with E-state index in [0.29, 0.717) is 17.4 Å². The van der Waals surface area contributed by atoms with Gasteiger partial charge in [-0.05, 0) is 32.3 Å². The van der Waals surface area contributed by atoms with Gasteiger partial charge in [-0.2, -0.15) is 5.10 Å². The fourth-order valence-electron chi connectivity index (χ4n) is 2.03. The molecule has 0 aliphatic rings. The Hall–Kier alpha value is -2.10. The summed E-state index contributed by atoms with van der Waals surface area (Å²) in [6, 6.07) is 6.00. The predicted octanol–water partition coefficient (Wildman–Crippen LogP) is 1.72. The molecule has 2 aromatic rings. The Morgan fingerprint density at radius 3 is 2.68 bits per heavy atom. The highest BCUT2D eigenvalue weighted by Crippen LogP contribution is 2.22. The first-order valence-electron chi connectivity index (χ1n) is 7.41. The highest BCUT2D eigenvalue weighted by atomic mass is 35.5. The van der Waals surface area contributed by atoms with Crippen LogP contribution in [0, 0.1) is 0 Å². The van der Waals surface area contributed by atoms with E-state index in [-0.39, 0.29) is 11.3 Å². The highest BCUT2D eigenvalue weighted by Gasteiger charge is 2.16. The van der Waals surface area contributed by atoms with Crippen molar-refractivity contribution in [3.8, 4) is 0 Å². The zero-order chi connectivity index (χ0) is 18.6. The van der Waals surface area contributed by atoms with Crippen LogP contribution in [0.15, 0.2) is 30.5 Å². The summed E-state index contributed by atoms with van der Waals surface area (Å²) in [4.78, 5) is 14.5. The molecule has 136 valence electrons. The molecule has 1 aromatic carbocycles. The van der Waals surface area contributed by atoms with E-state index in [4.69, 9.17) is 11.6 Å². The predicted molar refractivity (Wildman–Crippen MR) is 98.7 cm³/mol. The normalized spacial score (nSPS) is 11.6. The molecule has 25 heavy (non-hydrogen) atoms. The second-order valence-electron chi connectivity index (χ2n) is 5.79. The molecule has 1 amide bonds. The lowest BCUT2D eigenvalue weighted by Crippen LogP contribution is -2.19. The quantitative estimate of drug-likeness (QED) is 0.756. The van der Waals surface area contributed by atoms with Gasteiger partial charge in [0.15, 0.2) is 5.82 Å². The number of hydrogen-bond acceptors (Lipinski definition) is 5. The second-order valence-corrected chi connectivity index (χ2v) is 7.97. The Labute approximate surface area is 151 Å². The van der Waals surface area contributed by atoms with Gasteiger partial charge >= 0.3 is 0 Å². The van der Waals surface area contributed by atoms with Crippen molar-refractivity contribution in [2.75, 3.05) is 36.9 Å². The van der Waals surface area contributed by atoms with Crippen molar-refractivity contribution in [3.63, 3.8) is 0 Å². The molecule has 0 saturated heterocycles. The topological polar surface area (TPSA) is 96.3 Å². The molecule has 10 heteroatoms. The second kappa shape index (κ2) is 7.85. The maximum atomic E-state index is 12.5. The van der Waals surface area contributed by atoms with Crippen LogP contribution in [0.25, 0.3) is 0 Å². The number of aromatic nitrogens is 2. The van der Waals surface area contributed by atoms with E-state index >= 15 is 0 Å². The summed E-state index contributed by atoms with van der Waals surface area (Å²) >= 11 is 5.93. The Balaban J connectivity index is 2.16. The maximum Gasteiger partial charge on any atom is 0.259 e. The van der Waals surface area contributed by atoms with Gasteiger partial charge in [0.05, 0.1) is 24.1 Å². The number of hydrogen-bond donors (Lipinski definition) is 2. The first kappa shape index (κ1) is 19.2. The van der Waals surface area contributed by atoms with Crippen LogP contribution < -0.4 is 10.0 Å². The first-order chi connectivity index (χ1) is 11.6. The molecule has 0 unspecified atom stereocenters. The fraction of sp³-hybridized carbons (Fsp3) is 0.333. The van der Waals surface area contributed by atoms with Crippen LogP contribution in [0.3, 0.4) is 0 Å². The number of sulfonamides is 1. The average Bonchev–Trinajstić information content (AvgIpc) is 2.93. The standard InChI is InChI=1S/C15H20ClN5O3S/c1-20(2)8-9-21-7-6-14(18-21)17-15(22)12-10-11(16)4-5-13(12)19-25(3,23)24/h4-7,10,19H,8-9H2,1-3H3,(H,17,18,22). The summed E-state index contributed by atoms with van der Waals surface area (Å²) in [7, 11) is 0.392. The number of nitrogens with one attached hydrogen (secondary N) is 2. The number of likely N-dealkylation sites (N-methyl/N-ethyl adjacent to an activating group) is 1. The molecule has 0 aliphatic carbocycles. The molecule has 0 atom stereocenters. The zero-order valence-corrected chi connectivity index (χ0v) is 15.7. The third kappa shape index (κ3) is 6.04. The van der Waals surface area contributed by atoms with Crippen molar-refractivity contribution in [1.29, 1.82) is 0 Å². The van der Waals surface area contributed by atoms with E-state index in [1.54, 1.807) is 16.9 Å². The third-order valence-electron chi connectivity index (χ3n) is 3.18. The van der Waals surface area contributed by atoms with Crippen molar-refractivity contribution >= 4 is 39.0 Å². The van der Waals surface area contributed by atoms with Gasteiger partial charge in [0.1, 0.15) is 0 Å². The minimum Gasteiger partial charge on any atom is -0.308 e. The van der Waals surface area contributed by atoms with Gasteiger partial charge in [0, 0.05) is 23.8 Å². The third-order valence-corrected chi connectivity index (χ3v) is 4.01. The zero-order valence-electron chi connectivity index (χ0n) is 14.2. The van der Waals surface area contributed by atoms with Gasteiger partial charge in [0.25, 0.3) is 5.91 Å². The number of carbonyl (C=O) groups excluding carboxylic acids is 1. The van der Waals surface area contributed by atoms with Crippen molar-refractivity contribution in [2.45, 2.75) is 6.54 Å². The maximum absolute atomic E-state index is 12.5. The number of nitrogens with zero attached hydrogens (tertiary/aromatic N) is 3. The Kier molecular flexibility index (Phi) is 6.04. The van der Waals surface area contributed by atoms with Crippen molar-refractivity contribution in [1.82, 2.24) is 14.7 Å². The summed E-state index contributed by atoms with van der Waals surface area (Å²) in [5.74, 6) is -0.138. The van der Waals surface area contributed by atoms with Gasteiger partial charge in [-0.3, -0.25) is 14.2 Å². The monoisotopic (exact) mass is 385 g/mol. The van der Waals surface area contributed by atoms with Gasteiger partial charge in [-0.25, -0.2) is 8.42 Å². The molecule has 2 N–H and O–H groups in total. The van der Waals surface area contributed by atoms with Crippen molar-refractivity contribution in [3.05, 3.63) is 41.0 Å². The van der Waals surface area contributed by atoms with E-state index in [9.17, 15) is 13.2 Å². The van der Waals surface area contributed by atoms with Crippen molar-refractivity contribution < 1.29 is 13.2 Å². The molecule has 8 nitrogen and oxygen atoms in total. The SMILES string of the molecule is CN(C)CCn1ccc(NC(=O)c2cc(Cl)ccc2NS(C)(=O)=O)n1. The van der Waals surface area contributed by atoms with Crippen LogP contribution in [0.4, 0.5) is 11.5 Å². The van der Waals surface area contributed by atoms with E-state index in [2.05, 4.69) is 15.1 Å². The Morgan fingerprint density at radius 2 is 2.04 bits per heavy atom. The summed E-state index contributed by atoms with van der Waals surface area (Å²) < 4.78 is 26.9. The van der Waals surface area contributed by atoms with Crippen molar-refractivity contribution in [2.24, 2.45) is 0 Å². The molecule has 0 spiro atoms. The minimum atomic E-state index is -3.53. The number of benzene rings is 1. The van der Waals surface area contributed by atoms with Gasteiger partial charge in [-0.15, -0.1) is 0 Å². The lowest BCUT2D eigenvalue weighted by molar-refractivity contribution is 0.102. The van der Waals surface area contributed by atoms with Crippen LogP contribution in [-0.2, 0) is 16.6 Å². The molecular formula is C15H20ClN5O3S. The van der Waals surface area contributed by atoms with Crippen LogP contribution in [0.1, 0.15) is 10.4 Å². The number of halogens is 1. The number of rotatable bonds is 7. The Morgan fingerprint density at radius 1 is 1.32 bits per heavy atom. The van der Waals surface area contributed by atoms with Gasteiger partial charge < -0.3 is 10.2 Å². The van der Waals surface area contributed by atoms with Crippen LogP contribution in [0.5, 0.6) is 0 Å². The average molecular weight is 386 g/mol. The summed E-state index contributed by atoms with van der Waals surface area (Å²) in [5.41, 5.74) is 0.261. The summed E-state index contributed by atoms with van der Waals surface area (Å²) in [6.07, 6.45) is 2.77. The smallest absolute Gasteiger partial charge is 0.259 e. The van der Waals surface area contributed by atoms with E-state index in [1.165, 1.54) is 18.2 Å². The van der Waals surface area contributed by atoms with Crippen LogP contribution >= 0.6 is 11.6 Å². The van der Waals surface area contributed by atoms with Crippen LogP contribution in [-0.4, -0.2) is 55.9 Å². The molecule has 0 aliphatic heterocycles. The largest absolute Gasteiger partial charge is 0.308 e. The van der Waals surface area contributed by atoms with E-state index in [1.807, 2.05) is 19.0 Å². The number of amides is 1. The lowest BCUT2D eigenvalue weighted by Gasteiger charge is -2.11. The van der Waals surface area contributed by atoms with Gasteiger partial charge in [-0.1, -0.05) is 11.6 Å². The molecule has 2 rings (SSSR count). The molecule has 1 aromatic heterocycles.